The molecule has 0 aliphatic carbocycles. The van der Waals surface area contributed by atoms with E-state index in [0.717, 1.165) is 51.3 Å². The number of hydrogen-bond acceptors (Lipinski definition) is 4. The minimum Gasteiger partial charge on any atom is -0.324 e. The highest BCUT2D eigenvalue weighted by atomic mass is 16.2. The molecule has 7 heteroatoms. The third-order valence-corrected chi connectivity index (χ3v) is 4.82. The molecule has 2 aliphatic rings. The van der Waals surface area contributed by atoms with E-state index < -0.39 is 0 Å². The number of nitrogens with zero attached hydrogens (tertiary/aromatic N) is 4. The third-order valence-electron chi connectivity index (χ3n) is 4.82. The zero-order valence-electron chi connectivity index (χ0n) is 14.1. The Hall–Kier alpha value is -2.15. The number of nitrogens with one attached hydrogen (secondary N) is 1. The summed E-state index contributed by atoms with van der Waals surface area (Å²) in [6.45, 7) is 6.55. The molecule has 7 nitrogen and oxygen atoms in total. The van der Waals surface area contributed by atoms with Crippen molar-refractivity contribution in [3.8, 4) is 0 Å². The quantitative estimate of drug-likeness (QED) is 0.881. The number of carbonyl (C=O) groups is 2. The van der Waals surface area contributed by atoms with Gasteiger partial charge in [0.15, 0.2) is 0 Å². The molecule has 0 saturated carbocycles. The van der Waals surface area contributed by atoms with Crippen molar-refractivity contribution in [2.45, 2.75) is 25.8 Å². The lowest BCUT2D eigenvalue weighted by Gasteiger charge is -2.36. The SMILES string of the molecule is CCN1CCN(C2CCN(CC(=O)Nc3cccnc3)CC2)C1=O. The average Bonchev–Trinajstić information content (AvgIpc) is 2.97. The summed E-state index contributed by atoms with van der Waals surface area (Å²) in [7, 11) is 0. The van der Waals surface area contributed by atoms with Gasteiger partial charge in [0.1, 0.15) is 0 Å². The second kappa shape index (κ2) is 7.61. The number of amides is 3. The van der Waals surface area contributed by atoms with Gasteiger partial charge < -0.3 is 15.1 Å². The van der Waals surface area contributed by atoms with Crippen molar-refractivity contribution < 1.29 is 9.59 Å². The van der Waals surface area contributed by atoms with Gasteiger partial charge in [-0.3, -0.25) is 14.7 Å². The van der Waals surface area contributed by atoms with Gasteiger partial charge in [0.2, 0.25) is 5.91 Å². The van der Waals surface area contributed by atoms with E-state index in [1.54, 1.807) is 18.5 Å². The molecule has 0 radical (unpaired) electrons. The maximum Gasteiger partial charge on any atom is 0.320 e. The van der Waals surface area contributed by atoms with E-state index in [4.69, 9.17) is 0 Å². The van der Waals surface area contributed by atoms with Gasteiger partial charge >= 0.3 is 6.03 Å². The van der Waals surface area contributed by atoms with Gasteiger partial charge in [-0.05, 0) is 31.9 Å². The molecule has 2 fully saturated rings. The molecule has 0 atom stereocenters. The van der Waals surface area contributed by atoms with Crippen molar-refractivity contribution in [1.29, 1.82) is 0 Å². The first-order valence-corrected chi connectivity index (χ1v) is 8.65. The molecule has 0 aromatic carbocycles. The standard InChI is InChI=1S/C17H25N5O2/c1-2-21-10-11-22(17(21)24)15-5-8-20(9-6-15)13-16(23)19-14-4-3-7-18-12-14/h3-4,7,12,15H,2,5-6,8-11,13H2,1H3,(H,19,23). The second-order valence-corrected chi connectivity index (χ2v) is 6.35. The highest BCUT2D eigenvalue weighted by Crippen LogP contribution is 2.21. The van der Waals surface area contributed by atoms with E-state index in [1.165, 1.54) is 0 Å². The number of urea groups is 1. The van der Waals surface area contributed by atoms with Crippen molar-refractivity contribution in [3.05, 3.63) is 24.5 Å². The van der Waals surface area contributed by atoms with E-state index in [-0.39, 0.29) is 11.9 Å². The fraction of sp³-hybridized carbons (Fsp3) is 0.588. The van der Waals surface area contributed by atoms with Crippen molar-refractivity contribution in [1.82, 2.24) is 19.7 Å². The van der Waals surface area contributed by atoms with Crippen molar-refractivity contribution in [2.75, 3.05) is 44.6 Å². The fourth-order valence-electron chi connectivity index (χ4n) is 3.46. The largest absolute Gasteiger partial charge is 0.324 e. The molecule has 3 amide bonds. The van der Waals surface area contributed by atoms with Crippen LogP contribution in [0.25, 0.3) is 0 Å². The number of likely N-dealkylation sites (tertiary alicyclic amines) is 1. The van der Waals surface area contributed by atoms with Crippen molar-refractivity contribution in [3.63, 3.8) is 0 Å². The summed E-state index contributed by atoms with van der Waals surface area (Å²) in [5.41, 5.74) is 0.722. The Labute approximate surface area is 142 Å². The fourth-order valence-corrected chi connectivity index (χ4v) is 3.46. The van der Waals surface area contributed by atoms with Gasteiger partial charge in [0.05, 0.1) is 18.4 Å². The average molecular weight is 331 g/mol. The molecule has 1 N–H and O–H groups in total. The zero-order valence-corrected chi connectivity index (χ0v) is 14.1. The minimum atomic E-state index is -0.0177. The first kappa shape index (κ1) is 16.7. The predicted molar refractivity (Wildman–Crippen MR) is 91.7 cm³/mol. The lowest BCUT2D eigenvalue weighted by molar-refractivity contribution is -0.117. The lowest BCUT2D eigenvalue weighted by atomic mass is 10.0. The molecule has 2 saturated heterocycles. The van der Waals surface area contributed by atoms with E-state index in [1.807, 2.05) is 22.8 Å². The monoisotopic (exact) mass is 331 g/mol. The first-order valence-electron chi connectivity index (χ1n) is 8.65. The maximum absolute atomic E-state index is 12.3. The predicted octanol–water partition coefficient (Wildman–Crippen LogP) is 1.24. The van der Waals surface area contributed by atoms with Crippen LogP contribution in [0.4, 0.5) is 10.5 Å². The Morgan fingerprint density at radius 3 is 2.71 bits per heavy atom. The van der Waals surface area contributed by atoms with Crippen LogP contribution in [-0.4, -0.2) is 76.9 Å². The van der Waals surface area contributed by atoms with Gasteiger partial charge in [-0.2, -0.15) is 0 Å². The molecule has 0 bridgehead atoms. The molecule has 2 aliphatic heterocycles. The summed E-state index contributed by atoms with van der Waals surface area (Å²) in [5.74, 6) is -0.0177. The number of anilines is 1. The summed E-state index contributed by atoms with van der Waals surface area (Å²) in [4.78, 5) is 34.4. The molecular weight excluding hydrogens is 306 g/mol. The number of hydrogen-bond donors (Lipinski definition) is 1. The number of likely N-dealkylation sites (N-methyl/N-ethyl adjacent to an activating group) is 1. The van der Waals surface area contributed by atoms with E-state index >= 15 is 0 Å². The van der Waals surface area contributed by atoms with Crippen LogP contribution in [0.2, 0.25) is 0 Å². The van der Waals surface area contributed by atoms with Crippen molar-refractivity contribution >= 4 is 17.6 Å². The van der Waals surface area contributed by atoms with E-state index in [9.17, 15) is 9.59 Å². The normalized spacial score (nSPS) is 19.8. The Morgan fingerprint density at radius 1 is 1.29 bits per heavy atom. The van der Waals surface area contributed by atoms with Gasteiger partial charge in [-0.1, -0.05) is 0 Å². The molecule has 1 aromatic heterocycles. The summed E-state index contributed by atoms with van der Waals surface area (Å²) < 4.78 is 0. The van der Waals surface area contributed by atoms with Crippen LogP contribution < -0.4 is 5.32 Å². The smallest absolute Gasteiger partial charge is 0.320 e. The number of aromatic nitrogens is 1. The molecule has 0 spiro atoms. The molecule has 3 rings (SSSR count). The van der Waals surface area contributed by atoms with Crippen LogP contribution >= 0.6 is 0 Å². The van der Waals surface area contributed by atoms with Crippen LogP contribution in [-0.2, 0) is 4.79 Å². The molecule has 1 aromatic rings. The Bertz CT molecular complexity index is 572. The lowest BCUT2D eigenvalue weighted by Crippen LogP contribution is -2.48. The van der Waals surface area contributed by atoms with Crippen molar-refractivity contribution in [2.24, 2.45) is 0 Å². The number of piperidine rings is 1. The van der Waals surface area contributed by atoms with Crippen LogP contribution in [0.15, 0.2) is 24.5 Å². The Morgan fingerprint density at radius 2 is 2.08 bits per heavy atom. The summed E-state index contributed by atoms with van der Waals surface area (Å²) in [6, 6.07) is 4.11. The number of pyridine rings is 1. The van der Waals surface area contributed by atoms with Crippen LogP contribution in [0.1, 0.15) is 19.8 Å². The number of carbonyl (C=O) groups excluding carboxylic acids is 2. The summed E-state index contributed by atoms with van der Waals surface area (Å²) in [5, 5.41) is 2.86. The molecule has 130 valence electrons. The highest BCUT2D eigenvalue weighted by Gasteiger charge is 2.34. The van der Waals surface area contributed by atoms with Crippen LogP contribution in [0.3, 0.4) is 0 Å². The second-order valence-electron chi connectivity index (χ2n) is 6.35. The summed E-state index contributed by atoms with van der Waals surface area (Å²) >= 11 is 0. The molecule has 24 heavy (non-hydrogen) atoms. The molecule has 0 unspecified atom stereocenters. The third kappa shape index (κ3) is 3.84. The van der Waals surface area contributed by atoms with E-state index in [0.29, 0.717) is 12.6 Å². The van der Waals surface area contributed by atoms with Crippen LogP contribution in [0, 0.1) is 0 Å². The zero-order chi connectivity index (χ0) is 16.9. The summed E-state index contributed by atoms with van der Waals surface area (Å²) in [6.07, 6.45) is 5.19. The van der Waals surface area contributed by atoms with Gasteiger partial charge in [0, 0.05) is 45.0 Å². The van der Waals surface area contributed by atoms with E-state index in [2.05, 4.69) is 15.2 Å². The minimum absolute atomic E-state index is 0.0177. The molecule has 3 heterocycles. The van der Waals surface area contributed by atoms with Gasteiger partial charge in [-0.25, -0.2) is 4.79 Å². The van der Waals surface area contributed by atoms with Gasteiger partial charge in [0.25, 0.3) is 0 Å². The van der Waals surface area contributed by atoms with Crippen LogP contribution in [0.5, 0.6) is 0 Å². The first-order chi connectivity index (χ1) is 11.7. The number of rotatable bonds is 5. The molecular formula is C17H25N5O2. The van der Waals surface area contributed by atoms with Gasteiger partial charge in [-0.15, -0.1) is 0 Å². The Balaban J connectivity index is 1.44. The Kier molecular flexibility index (Phi) is 5.30. The highest BCUT2D eigenvalue weighted by molar-refractivity contribution is 5.92. The topological polar surface area (TPSA) is 68.8 Å². The maximum atomic E-state index is 12.3.